The first kappa shape index (κ1) is 17.3. The fraction of sp³-hybridized carbons (Fsp3) is 0.235. The molecule has 0 unspecified atom stereocenters. The lowest BCUT2D eigenvalue weighted by atomic mass is 10.1. The van der Waals surface area contributed by atoms with E-state index < -0.39 is 17.9 Å². The van der Waals surface area contributed by atoms with Gasteiger partial charge < -0.3 is 9.72 Å². The lowest BCUT2D eigenvalue weighted by Gasteiger charge is -2.17. The molecule has 1 aromatic carbocycles. The third-order valence-electron chi connectivity index (χ3n) is 3.57. The Balaban J connectivity index is 1.92. The lowest BCUT2D eigenvalue weighted by molar-refractivity contribution is -0.128. The third kappa shape index (κ3) is 4.22. The maximum absolute atomic E-state index is 12.0. The van der Waals surface area contributed by atoms with Crippen molar-refractivity contribution < 1.29 is 14.3 Å². The zero-order valence-electron chi connectivity index (χ0n) is 13.7. The molecule has 7 heteroatoms. The predicted octanol–water partition coefficient (Wildman–Crippen LogP) is 1.22. The highest BCUT2D eigenvalue weighted by atomic mass is 16.5. The molecular weight excluding hydrogens is 310 g/mol. The molecule has 7 nitrogen and oxygen atoms in total. The number of rotatable bonds is 4. The number of aromatic amines is 1. The van der Waals surface area contributed by atoms with Gasteiger partial charge in [0.25, 0.3) is 11.8 Å². The Hall–Kier alpha value is -3.09. The van der Waals surface area contributed by atoms with Crippen LogP contribution >= 0.6 is 0 Å². The summed E-state index contributed by atoms with van der Waals surface area (Å²) < 4.78 is 5.63. The van der Waals surface area contributed by atoms with Gasteiger partial charge in [-0.3, -0.25) is 25.2 Å². The van der Waals surface area contributed by atoms with Crippen LogP contribution in [0.4, 0.5) is 0 Å². The summed E-state index contributed by atoms with van der Waals surface area (Å²) in [5, 5.41) is 0. The predicted molar refractivity (Wildman–Crippen MR) is 88.7 cm³/mol. The fourth-order valence-corrected chi connectivity index (χ4v) is 1.94. The minimum Gasteiger partial charge on any atom is -0.481 e. The molecule has 0 saturated heterocycles. The molecule has 1 atom stereocenters. The molecule has 0 aliphatic heterocycles. The van der Waals surface area contributed by atoms with Crippen molar-refractivity contribution in [3.63, 3.8) is 0 Å². The van der Waals surface area contributed by atoms with Crippen LogP contribution in [-0.4, -0.2) is 22.9 Å². The number of hydrogen-bond acceptors (Lipinski definition) is 4. The highest BCUT2D eigenvalue weighted by Gasteiger charge is 2.17. The summed E-state index contributed by atoms with van der Waals surface area (Å²) >= 11 is 0. The topological polar surface area (TPSA) is 100 Å². The summed E-state index contributed by atoms with van der Waals surface area (Å²) in [5.74, 6) is -0.420. The number of amides is 2. The van der Waals surface area contributed by atoms with Gasteiger partial charge in [-0.1, -0.05) is 12.1 Å². The third-order valence-corrected chi connectivity index (χ3v) is 3.57. The van der Waals surface area contributed by atoms with Crippen LogP contribution in [0, 0.1) is 13.8 Å². The first-order chi connectivity index (χ1) is 11.4. The number of nitrogens with one attached hydrogen (secondary N) is 3. The van der Waals surface area contributed by atoms with Gasteiger partial charge >= 0.3 is 0 Å². The average Bonchev–Trinajstić information content (AvgIpc) is 2.57. The highest BCUT2D eigenvalue weighted by Crippen LogP contribution is 2.21. The zero-order chi connectivity index (χ0) is 17.7. The van der Waals surface area contributed by atoms with Crippen LogP contribution in [0.25, 0.3) is 0 Å². The first-order valence-electron chi connectivity index (χ1n) is 7.40. The summed E-state index contributed by atoms with van der Waals surface area (Å²) in [6, 6.07) is 8.17. The Labute approximate surface area is 139 Å². The van der Waals surface area contributed by atoms with Gasteiger partial charge in [0.05, 0.1) is 5.56 Å². The van der Waals surface area contributed by atoms with Crippen molar-refractivity contribution in [3.05, 3.63) is 63.6 Å². The molecule has 24 heavy (non-hydrogen) atoms. The molecule has 0 fully saturated rings. The van der Waals surface area contributed by atoms with Gasteiger partial charge in [-0.15, -0.1) is 0 Å². The normalized spacial score (nSPS) is 11.5. The summed E-state index contributed by atoms with van der Waals surface area (Å²) in [6.45, 7) is 5.45. The van der Waals surface area contributed by atoms with E-state index in [0.717, 1.165) is 11.1 Å². The molecule has 0 aliphatic rings. The maximum atomic E-state index is 12.0. The average molecular weight is 329 g/mol. The van der Waals surface area contributed by atoms with Gasteiger partial charge in [0.15, 0.2) is 6.10 Å². The van der Waals surface area contributed by atoms with Crippen LogP contribution < -0.4 is 21.1 Å². The van der Waals surface area contributed by atoms with Crippen LogP contribution in [0.3, 0.4) is 0 Å². The Morgan fingerprint density at radius 1 is 1.12 bits per heavy atom. The molecular formula is C17H19N3O4. The van der Waals surface area contributed by atoms with Crippen molar-refractivity contribution >= 4 is 11.8 Å². The lowest BCUT2D eigenvalue weighted by Crippen LogP contribution is -2.47. The molecule has 0 bridgehead atoms. The molecule has 1 heterocycles. The second-order valence-corrected chi connectivity index (χ2v) is 5.34. The first-order valence-corrected chi connectivity index (χ1v) is 7.40. The van der Waals surface area contributed by atoms with Crippen molar-refractivity contribution in [2.75, 3.05) is 0 Å². The van der Waals surface area contributed by atoms with E-state index in [1.54, 1.807) is 13.0 Å². The molecule has 2 aromatic rings. The van der Waals surface area contributed by atoms with Crippen molar-refractivity contribution in [1.82, 2.24) is 15.8 Å². The highest BCUT2D eigenvalue weighted by molar-refractivity contribution is 5.95. The molecule has 2 amide bonds. The molecule has 2 rings (SSSR count). The second-order valence-electron chi connectivity index (χ2n) is 5.34. The van der Waals surface area contributed by atoms with Gasteiger partial charge in [-0.25, -0.2) is 0 Å². The van der Waals surface area contributed by atoms with E-state index in [1.807, 2.05) is 26.0 Å². The van der Waals surface area contributed by atoms with E-state index in [9.17, 15) is 14.4 Å². The van der Waals surface area contributed by atoms with E-state index in [1.165, 1.54) is 18.3 Å². The zero-order valence-corrected chi connectivity index (χ0v) is 13.7. The number of ether oxygens (including phenoxy) is 1. The molecule has 3 N–H and O–H groups in total. The van der Waals surface area contributed by atoms with Crippen LogP contribution in [0.2, 0.25) is 0 Å². The number of aromatic nitrogens is 1. The number of carbonyl (C=O) groups is 2. The van der Waals surface area contributed by atoms with Crippen molar-refractivity contribution in [2.24, 2.45) is 0 Å². The van der Waals surface area contributed by atoms with Crippen molar-refractivity contribution in [1.29, 1.82) is 0 Å². The molecule has 0 spiro atoms. The quantitative estimate of drug-likeness (QED) is 0.734. The number of pyridine rings is 1. The summed E-state index contributed by atoms with van der Waals surface area (Å²) in [6.07, 6.45) is 0.473. The van der Waals surface area contributed by atoms with Crippen LogP contribution in [0.15, 0.2) is 41.3 Å². The monoisotopic (exact) mass is 329 g/mol. The number of H-pyrrole nitrogens is 1. The summed E-state index contributed by atoms with van der Waals surface area (Å²) in [4.78, 5) is 37.2. The van der Waals surface area contributed by atoms with E-state index in [2.05, 4.69) is 15.8 Å². The standard InChI is InChI=1S/C17H19N3O4/c1-10-5-4-6-14(11(10)2)24-12(3)16(22)19-20-17(23)13-7-8-15(21)18-9-13/h4-9,12H,1-3H3,(H,18,21)(H,19,22)(H,20,23)/t12-/m0/s1. The van der Waals surface area contributed by atoms with E-state index >= 15 is 0 Å². The number of hydrogen-bond donors (Lipinski definition) is 3. The molecule has 126 valence electrons. The van der Waals surface area contributed by atoms with Crippen molar-refractivity contribution in [2.45, 2.75) is 26.9 Å². The SMILES string of the molecule is Cc1cccc(O[C@@H](C)C(=O)NNC(=O)c2ccc(=O)[nH]c2)c1C. The largest absolute Gasteiger partial charge is 0.481 e. The molecule has 1 aromatic heterocycles. The molecule has 0 saturated carbocycles. The number of benzene rings is 1. The minimum absolute atomic E-state index is 0.220. The summed E-state index contributed by atoms with van der Waals surface area (Å²) in [7, 11) is 0. The summed E-state index contributed by atoms with van der Waals surface area (Å²) in [5.41, 5.74) is 6.49. The van der Waals surface area contributed by atoms with Gasteiger partial charge in [0, 0.05) is 12.3 Å². The van der Waals surface area contributed by atoms with Crippen LogP contribution in [0.1, 0.15) is 28.4 Å². The molecule has 0 radical (unpaired) electrons. The second kappa shape index (κ2) is 7.45. The van der Waals surface area contributed by atoms with E-state index in [4.69, 9.17) is 4.74 Å². The minimum atomic E-state index is -0.790. The van der Waals surface area contributed by atoms with Gasteiger partial charge in [0.2, 0.25) is 5.56 Å². The van der Waals surface area contributed by atoms with E-state index in [0.29, 0.717) is 5.75 Å². The maximum Gasteiger partial charge on any atom is 0.279 e. The van der Waals surface area contributed by atoms with Crippen molar-refractivity contribution in [3.8, 4) is 5.75 Å². The van der Waals surface area contributed by atoms with Crippen LogP contribution in [0.5, 0.6) is 5.75 Å². The Morgan fingerprint density at radius 2 is 1.88 bits per heavy atom. The Kier molecular flexibility index (Phi) is 5.36. The molecule has 0 aliphatic carbocycles. The van der Waals surface area contributed by atoms with Gasteiger partial charge in [0.1, 0.15) is 5.75 Å². The van der Waals surface area contributed by atoms with Gasteiger partial charge in [-0.2, -0.15) is 0 Å². The van der Waals surface area contributed by atoms with E-state index in [-0.39, 0.29) is 11.1 Å². The fourth-order valence-electron chi connectivity index (χ4n) is 1.94. The smallest absolute Gasteiger partial charge is 0.279 e. The Bertz CT molecular complexity index is 793. The van der Waals surface area contributed by atoms with Crippen LogP contribution in [-0.2, 0) is 4.79 Å². The number of carbonyl (C=O) groups excluding carboxylic acids is 2. The van der Waals surface area contributed by atoms with Gasteiger partial charge in [-0.05, 0) is 44.0 Å². The number of hydrazine groups is 1. The Morgan fingerprint density at radius 3 is 2.54 bits per heavy atom. The number of aryl methyl sites for hydroxylation is 1.